The molecule has 0 amide bonds. The highest BCUT2D eigenvalue weighted by Crippen LogP contribution is 2.27. The van der Waals surface area contributed by atoms with Crippen LogP contribution in [0, 0.1) is 17.3 Å². The van der Waals surface area contributed by atoms with Gasteiger partial charge in [0.25, 0.3) is 6.43 Å². The van der Waals surface area contributed by atoms with Crippen LogP contribution in [0.15, 0.2) is 6.07 Å². The number of halogens is 4. The largest absolute Gasteiger partial charge is 0.268 e. The van der Waals surface area contributed by atoms with Gasteiger partial charge in [0.2, 0.25) is 5.95 Å². The normalized spacial score (nSPS) is 10.4. The molecule has 0 aliphatic rings. The van der Waals surface area contributed by atoms with E-state index in [0.717, 1.165) is 0 Å². The van der Waals surface area contributed by atoms with Crippen LogP contribution in [0.4, 0.5) is 13.2 Å². The van der Waals surface area contributed by atoms with Crippen LogP contribution in [0.25, 0.3) is 0 Å². The van der Waals surface area contributed by atoms with Gasteiger partial charge in [0.05, 0.1) is 23.7 Å². The minimum absolute atomic E-state index is 0.0968. The van der Waals surface area contributed by atoms with Crippen molar-refractivity contribution in [2.75, 3.05) is 0 Å². The SMILES string of the molecule is N#CCc1cc(CBr)c(C(F)F)c(F)n1. The highest BCUT2D eigenvalue weighted by atomic mass is 79.9. The van der Waals surface area contributed by atoms with E-state index >= 15 is 0 Å². The first-order valence-electron chi connectivity index (χ1n) is 3.99. The molecule has 0 aromatic carbocycles. The summed E-state index contributed by atoms with van der Waals surface area (Å²) >= 11 is 2.99. The van der Waals surface area contributed by atoms with E-state index in [2.05, 4.69) is 20.9 Å². The molecule has 80 valence electrons. The molecule has 0 unspecified atom stereocenters. The minimum atomic E-state index is -2.90. The van der Waals surface area contributed by atoms with E-state index in [-0.39, 0.29) is 23.0 Å². The summed E-state index contributed by atoms with van der Waals surface area (Å²) in [7, 11) is 0. The molecule has 0 saturated heterocycles. The monoisotopic (exact) mass is 278 g/mol. The van der Waals surface area contributed by atoms with Gasteiger partial charge in [-0.2, -0.15) is 9.65 Å². The van der Waals surface area contributed by atoms with Crippen LogP contribution in [-0.2, 0) is 11.8 Å². The molecule has 0 aliphatic carbocycles. The van der Waals surface area contributed by atoms with Crippen LogP contribution in [0.5, 0.6) is 0 Å². The third-order valence-corrected chi connectivity index (χ3v) is 2.38. The van der Waals surface area contributed by atoms with Crippen molar-refractivity contribution in [2.24, 2.45) is 0 Å². The van der Waals surface area contributed by atoms with Crippen molar-refractivity contribution in [3.8, 4) is 6.07 Å². The highest BCUT2D eigenvalue weighted by molar-refractivity contribution is 9.08. The Morgan fingerprint density at radius 3 is 2.67 bits per heavy atom. The van der Waals surface area contributed by atoms with Crippen molar-refractivity contribution in [3.63, 3.8) is 0 Å². The van der Waals surface area contributed by atoms with E-state index in [4.69, 9.17) is 5.26 Å². The van der Waals surface area contributed by atoms with Crippen molar-refractivity contribution in [2.45, 2.75) is 18.2 Å². The van der Waals surface area contributed by atoms with Crippen LogP contribution in [0.3, 0.4) is 0 Å². The molecule has 1 rings (SSSR count). The van der Waals surface area contributed by atoms with Gasteiger partial charge in [-0.1, -0.05) is 15.9 Å². The molecule has 6 heteroatoms. The van der Waals surface area contributed by atoms with Gasteiger partial charge in [-0.25, -0.2) is 13.8 Å². The lowest BCUT2D eigenvalue weighted by molar-refractivity contribution is 0.144. The number of hydrogen-bond acceptors (Lipinski definition) is 2. The Labute approximate surface area is 92.9 Å². The quantitative estimate of drug-likeness (QED) is 0.629. The number of aromatic nitrogens is 1. The zero-order chi connectivity index (χ0) is 11.4. The van der Waals surface area contributed by atoms with Gasteiger partial charge in [-0.15, -0.1) is 0 Å². The molecule has 0 fully saturated rings. The fourth-order valence-electron chi connectivity index (χ4n) is 1.14. The summed E-state index contributed by atoms with van der Waals surface area (Å²) in [6.45, 7) is 0. The number of rotatable bonds is 3. The first-order chi connectivity index (χ1) is 7.10. The maximum Gasteiger partial charge on any atom is 0.268 e. The van der Waals surface area contributed by atoms with Crippen molar-refractivity contribution >= 4 is 15.9 Å². The van der Waals surface area contributed by atoms with Crippen molar-refractivity contribution < 1.29 is 13.2 Å². The van der Waals surface area contributed by atoms with Crippen LogP contribution >= 0.6 is 15.9 Å². The van der Waals surface area contributed by atoms with Crippen molar-refractivity contribution in [3.05, 3.63) is 28.8 Å². The Morgan fingerprint density at radius 2 is 2.20 bits per heavy atom. The molecule has 1 aromatic heterocycles. The van der Waals surface area contributed by atoms with E-state index in [1.165, 1.54) is 6.07 Å². The zero-order valence-corrected chi connectivity index (χ0v) is 9.06. The molecule has 0 atom stereocenters. The maximum absolute atomic E-state index is 13.2. The molecule has 2 nitrogen and oxygen atoms in total. The van der Waals surface area contributed by atoms with Gasteiger partial charge >= 0.3 is 0 Å². The summed E-state index contributed by atoms with van der Waals surface area (Å²) in [5.41, 5.74) is -0.412. The maximum atomic E-state index is 13.2. The summed E-state index contributed by atoms with van der Waals surface area (Å²) in [6.07, 6.45) is -3.00. The molecule has 0 N–H and O–H groups in total. The average molecular weight is 279 g/mol. The fourth-order valence-corrected chi connectivity index (χ4v) is 1.61. The zero-order valence-electron chi connectivity index (χ0n) is 7.48. The summed E-state index contributed by atoms with van der Waals surface area (Å²) in [5.74, 6) is -1.20. The van der Waals surface area contributed by atoms with E-state index < -0.39 is 17.9 Å². The average Bonchev–Trinajstić information content (AvgIpc) is 2.16. The number of nitrogens with zero attached hydrogens (tertiary/aromatic N) is 2. The Hall–Kier alpha value is -1.09. The first kappa shape index (κ1) is 12.0. The molecule has 0 aliphatic heterocycles. The van der Waals surface area contributed by atoms with Gasteiger partial charge in [0, 0.05) is 5.33 Å². The lowest BCUT2D eigenvalue weighted by Gasteiger charge is -2.08. The lowest BCUT2D eigenvalue weighted by Crippen LogP contribution is -2.03. The topological polar surface area (TPSA) is 36.7 Å². The Morgan fingerprint density at radius 1 is 1.53 bits per heavy atom. The third kappa shape index (κ3) is 2.69. The van der Waals surface area contributed by atoms with Gasteiger partial charge in [0.1, 0.15) is 0 Å². The number of pyridine rings is 1. The van der Waals surface area contributed by atoms with Crippen LogP contribution < -0.4 is 0 Å². The van der Waals surface area contributed by atoms with Gasteiger partial charge in [-0.05, 0) is 11.6 Å². The van der Waals surface area contributed by atoms with Crippen LogP contribution in [0.1, 0.15) is 23.2 Å². The highest BCUT2D eigenvalue weighted by Gasteiger charge is 2.20. The van der Waals surface area contributed by atoms with Gasteiger partial charge < -0.3 is 0 Å². The Balaban J connectivity index is 3.25. The van der Waals surface area contributed by atoms with Crippen LogP contribution in [-0.4, -0.2) is 4.98 Å². The van der Waals surface area contributed by atoms with Gasteiger partial charge in [0.15, 0.2) is 0 Å². The molecule has 15 heavy (non-hydrogen) atoms. The minimum Gasteiger partial charge on any atom is -0.223 e. The number of hydrogen-bond donors (Lipinski definition) is 0. The van der Waals surface area contributed by atoms with E-state index in [1.54, 1.807) is 6.07 Å². The molecular formula is C9H6BrF3N2. The second kappa shape index (κ2) is 5.12. The predicted molar refractivity (Wildman–Crippen MR) is 51.1 cm³/mol. The second-order valence-corrected chi connectivity index (χ2v) is 3.31. The lowest BCUT2D eigenvalue weighted by atomic mass is 10.1. The van der Waals surface area contributed by atoms with E-state index in [9.17, 15) is 13.2 Å². The fraction of sp³-hybridized carbons (Fsp3) is 0.333. The van der Waals surface area contributed by atoms with Crippen molar-refractivity contribution in [1.82, 2.24) is 4.98 Å². The molecule has 1 aromatic rings. The number of alkyl halides is 3. The standard InChI is InChI=1S/C9H6BrF3N2/c10-4-5-3-6(1-2-14)15-9(13)7(5)8(11)12/h3,8H,1,4H2. The smallest absolute Gasteiger partial charge is 0.223 e. The third-order valence-electron chi connectivity index (χ3n) is 1.77. The summed E-state index contributed by atoms with van der Waals surface area (Å²) in [6, 6.07) is 3.09. The van der Waals surface area contributed by atoms with E-state index in [1.807, 2.05) is 0 Å². The Kier molecular flexibility index (Phi) is 4.09. The molecule has 0 saturated carbocycles. The molecule has 0 bridgehead atoms. The van der Waals surface area contributed by atoms with Crippen LogP contribution in [0.2, 0.25) is 0 Å². The summed E-state index contributed by atoms with van der Waals surface area (Å²) in [4.78, 5) is 3.30. The second-order valence-electron chi connectivity index (χ2n) is 2.75. The van der Waals surface area contributed by atoms with E-state index in [0.29, 0.717) is 0 Å². The predicted octanol–water partition coefficient (Wildman–Crippen LogP) is 3.12. The molecular weight excluding hydrogens is 273 g/mol. The van der Waals surface area contributed by atoms with Crippen molar-refractivity contribution in [1.29, 1.82) is 5.26 Å². The molecule has 1 heterocycles. The Bertz CT molecular complexity index is 401. The number of nitriles is 1. The summed E-state index contributed by atoms with van der Waals surface area (Å²) < 4.78 is 38.0. The molecule has 0 radical (unpaired) electrons. The van der Waals surface area contributed by atoms with Gasteiger partial charge in [-0.3, -0.25) is 0 Å². The first-order valence-corrected chi connectivity index (χ1v) is 5.11. The summed E-state index contributed by atoms with van der Waals surface area (Å²) in [5, 5.41) is 8.48. The molecule has 0 spiro atoms.